The van der Waals surface area contributed by atoms with Crippen LogP contribution in [-0.2, 0) is 13.1 Å². The van der Waals surface area contributed by atoms with E-state index in [4.69, 9.17) is 0 Å². The van der Waals surface area contributed by atoms with Crippen LogP contribution < -0.4 is 10.6 Å². The van der Waals surface area contributed by atoms with Crippen molar-refractivity contribution in [1.82, 2.24) is 20.4 Å². The van der Waals surface area contributed by atoms with Crippen LogP contribution >= 0.6 is 0 Å². The van der Waals surface area contributed by atoms with Crippen LogP contribution in [-0.4, -0.2) is 61.6 Å². The highest BCUT2D eigenvalue weighted by atomic mass is 15.3. The number of guanidine groups is 1. The van der Waals surface area contributed by atoms with E-state index < -0.39 is 0 Å². The lowest BCUT2D eigenvalue weighted by atomic mass is 10.1. The first kappa shape index (κ1) is 18.7. The zero-order valence-corrected chi connectivity index (χ0v) is 15.7. The molecular weight excluding hydrogens is 298 g/mol. The summed E-state index contributed by atoms with van der Waals surface area (Å²) in [7, 11) is 1.82. The topological polar surface area (TPSA) is 42.9 Å². The Bertz CT molecular complexity index is 518. The van der Waals surface area contributed by atoms with Gasteiger partial charge in [0.05, 0.1) is 0 Å². The van der Waals surface area contributed by atoms with Crippen molar-refractivity contribution in [3.63, 3.8) is 0 Å². The van der Waals surface area contributed by atoms with E-state index in [1.165, 1.54) is 24.2 Å². The molecule has 134 valence electrons. The predicted octanol–water partition coefficient (Wildman–Crippen LogP) is 1.90. The van der Waals surface area contributed by atoms with Gasteiger partial charge in [-0.3, -0.25) is 9.89 Å². The number of aliphatic imine (C=N–C) groups is 1. The number of rotatable bonds is 6. The van der Waals surface area contributed by atoms with Gasteiger partial charge in [0.25, 0.3) is 0 Å². The maximum absolute atomic E-state index is 4.28. The molecule has 0 saturated carbocycles. The van der Waals surface area contributed by atoms with Gasteiger partial charge in [0.2, 0.25) is 0 Å². The summed E-state index contributed by atoms with van der Waals surface area (Å²) >= 11 is 0. The highest BCUT2D eigenvalue weighted by Gasteiger charge is 2.16. The molecule has 0 spiro atoms. The lowest BCUT2D eigenvalue weighted by Gasteiger charge is -2.34. The van der Waals surface area contributed by atoms with Crippen LogP contribution in [0.2, 0.25) is 0 Å². The Morgan fingerprint density at radius 3 is 2.29 bits per heavy atom. The van der Waals surface area contributed by atoms with E-state index in [9.17, 15) is 0 Å². The van der Waals surface area contributed by atoms with E-state index in [-0.39, 0.29) is 0 Å². The van der Waals surface area contributed by atoms with Gasteiger partial charge in [0.15, 0.2) is 5.96 Å². The highest BCUT2D eigenvalue weighted by molar-refractivity contribution is 5.79. The van der Waals surface area contributed by atoms with Gasteiger partial charge in [-0.15, -0.1) is 0 Å². The lowest BCUT2D eigenvalue weighted by Crippen LogP contribution is -2.45. The molecule has 5 heteroatoms. The summed E-state index contributed by atoms with van der Waals surface area (Å²) in [4.78, 5) is 9.37. The summed E-state index contributed by atoms with van der Waals surface area (Å²) < 4.78 is 0. The van der Waals surface area contributed by atoms with Crippen molar-refractivity contribution in [3.8, 4) is 0 Å². The fourth-order valence-corrected chi connectivity index (χ4v) is 3.04. The molecule has 1 fully saturated rings. The number of nitrogens with one attached hydrogen (secondary N) is 2. The minimum atomic E-state index is 0.376. The first-order valence-corrected chi connectivity index (χ1v) is 9.11. The Morgan fingerprint density at radius 2 is 1.71 bits per heavy atom. The normalized spacial score (nSPS) is 17.3. The zero-order valence-electron chi connectivity index (χ0n) is 15.7. The molecule has 0 amide bonds. The number of piperazine rings is 1. The van der Waals surface area contributed by atoms with Gasteiger partial charge < -0.3 is 15.5 Å². The second-order valence-corrected chi connectivity index (χ2v) is 6.70. The number of likely N-dealkylation sites (N-methyl/N-ethyl adjacent to an activating group) is 1. The zero-order chi connectivity index (χ0) is 17.4. The molecule has 0 aliphatic carbocycles. The van der Waals surface area contributed by atoms with Crippen molar-refractivity contribution in [2.24, 2.45) is 4.99 Å². The van der Waals surface area contributed by atoms with E-state index in [0.29, 0.717) is 6.04 Å². The molecule has 0 unspecified atom stereocenters. The monoisotopic (exact) mass is 331 g/mol. The summed E-state index contributed by atoms with van der Waals surface area (Å²) in [6.45, 7) is 14.2. The molecule has 0 radical (unpaired) electrons. The largest absolute Gasteiger partial charge is 0.354 e. The Labute approximate surface area is 147 Å². The van der Waals surface area contributed by atoms with Crippen LogP contribution in [0.1, 0.15) is 31.9 Å². The molecule has 0 bridgehead atoms. The summed E-state index contributed by atoms with van der Waals surface area (Å²) in [5.41, 5.74) is 2.76. The second-order valence-electron chi connectivity index (χ2n) is 6.70. The lowest BCUT2D eigenvalue weighted by molar-refractivity contribution is 0.131. The fraction of sp³-hybridized carbons (Fsp3) is 0.632. The van der Waals surface area contributed by atoms with Gasteiger partial charge in [-0.25, -0.2) is 0 Å². The number of benzene rings is 1. The maximum atomic E-state index is 4.28. The summed E-state index contributed by atoms with van der Waals surface area (Å²) in [6.07, 6.45) is 0. The predicted molar refractivity (Wildman–Crippen MR) is 102 cm³/mol. The van der Waals surface area contributed by atoms with Gasteiger partial charge in [0.1, 0.15) is 0 Å². The van der Waals surface area contributed by atoms with Crippen LogP contribution in [0.15, 0.2) is 29.3 Å². The van der Waals surface area contributed by atoms with Crippen LogP contribution in [0.25, 0.3) is 0 Å². The molecule has 2 N–H and O–H groups in total. The number of hydrogen-bond acceptors (Lipinski definition) is 3. The molecular formula is C19H33N5. The standard InChI is InChI=1S/C19H33N5/c1-5-23-10-12-24(13-11-23)15-18-9-7-6-8-17(18)14-21-19(20-4)22-16(2)3/h6-9,16H,5,10-15H2,1-4H3,(H2,20,21,22). The van der Waals surface area contributed by atoms with Crippen LogP contribution in [0.4, 0.5) is 0 Å². The van der Waals surface area contributed by atoms with Crippen LogP contribution in [0.5, 0.6) is 0 Å². The van der Waals surface area contributed by atoms with Gasteiger partial charge in [0, 0.05) is 52.4 Å². The third kappa shape index (κ3) is 5.80. The van der Waals surface area contributed by atoms with Crippen molar-refractivity contribution < 1.29 is 0 Å². The summed E-state index contributed by atoms with van der Waals surface area (Å²) in [6, 6.07) is 9.10. The highest BCUT2D eigenvalue weighted by Crippen LogP contribution is 2.13. The molecule has 0 atom stereocenters. The molecule has 5 nitrogen and oxygen atoms in total. The molecule has 1 heterocycles. The van der Waals surface area contributed by atoms with Gasteiger partial charge in [-0.1, -0.05) is 31.2 Å². The van der Waals surface area contributed by atoms with Gasteiger partial charge >= 0.3 is 0 Å². The van der Waals surface area contributed by atoms with E-state index in [0.717, 1.165) is 38.7 Å². The Kier molecular flexibility index (Phi) is 7.53. The number of hydrogen-bond donors (Lipinski definition) is 2. The molecule has 1 aliphatic heterocycles. The van der Waals surface area contributed by atoms with Crippen molar-refractivity contribution in [2.75, 3.05) is 39.8 Å². The average Bonchev–Trinajstić information content (AvgIpc) is 2.60. The second kappa shape index (κ2) is 9.64. The third-order valence-corrected chi connectivity index (χ3v) is 4.52. The summed E-state index contributed by atoms with van der Waals surface area (Å²) in [5, 5.41) is 6.76. The van der Waals surface area contributed by atoms with Crippen LogP contribution in [0, 0.1) is 0 Å². The molecule has 0 aromatic heterocycles. The van der Waals surface area contributed by atoms with Gasteiger partial charge in [-0.2, -0.15) is 0 Å². The quantitative estimate of drug-likeness (QED) is 0.617. The smallest absolute Gasteiger partial charge is 0.191 e. The van der Waals surface area contributed by atoms with Crippen LogP contribution in [0.3, 0.4) is 0 Å². The molecule has 1 aliphatic rings. The molecule has 1 saturated heterocycles. The molecule has 1 aromatic carbocycles. The molecule has 24 heavy (non-hydrogen) atoms. The van der Waals surface area contributed by atoms with Crippen molar-refractivity contribution in [1.29, 1.82) is 0 Å². The number of nitrogens with zero attached hydrogens (tertiary/aromatic N) is 3. The Hall–Kier alpha value is -1.59. The van der Waals surface area contributed by atoms with E-state index >= 15 is 0 Å². The summed E-state index contributed by atoms with van der Waals surface area (Å²) in [5.74, 6) is 0.858. The van der Waals surface area contributed by atoms with Crippen molar-refractivity contribution in [2.45, 2.75) is 39.9 Å². The minimum Gasteiger partial charge on any atom is -0.354 e. The third-order valence-electron chi connectivity index (χ3n) is 4.52. The Balaban J connectivity index is 1.92. The molecule has 2 rings (SSSR count). The Morgan fingerprint density at radius 1 is 1.08 bits per heavy atom. The van der Waals surface area contributed by atoms with E-state index in [1.54, 1.807) is 0 Å². The van der Waals surface area contributed by atoms with Crippen molar-refractivity contribution >= 4 is 5.96 Å². The first-order chi connectivity index (χ1) is 11.6. The average molecular weight is 332 g/mol. The SMILES string of the molecule is CCN1CCN(Cc2ccccc2CNC(=NC)NC(C)C)CC1. The fourth-order valence-electron chi connectivity index (χ4n) is 3.04. The minimum absolute atomic E-state index is 0.376. The van der Waals surface area contributed by atoms with Gasteiger partial charge in [-0.05, 0) is 31.5 Å². The van der Waals surface area contributed by atoms with E-state index in [1.807, 2.05) is 7.05 Å². The first-order valence-electron chi connectivity index (χ1n) is 9.11. The van der Waals surface area contributed by atoms with Crippen molar-refractivity contribution in [3.05, 3.63) is 35.4 Å². The maximum Gasteiger partial charge on any atom is 0.191 e. The molecule has 1 aromatic rings. The van der Waals surface area contributed by atoms with E-state index in [2.05, 4.69) is 70.5 Å².